The summed E-state index contributed by atoms with van der Waals surface area (Å²) in [5, 5.41) is 0. The first-order valence-electron chi connectivity index (χ1n) is 7.23. The summed E-state index contributed by atoms with van der Waals surface area (Å²) in [6.07, 6.45) is -2.24. The van der Waals surface area contributed by atoms with Crippen LogP contribution < -0.4 is 0 Å². The summed E-state index contributed by atoms with van der Waals surface area (Å²) < 4.78 is 40.9. The second kappa shape index (κ2) is 9.23. The molecule has 0 atom stereocenters. The normalized spacial score (nSPS) is 11.2. The van der Waals surface area contributed by atoms with Crippen LogP contribution in [0.4, 0.5) is 13.2 Å². The molecule has 0 aliphatic rings. The molecule has 0 saturated carbocycles. The largest absolute Gasteiger partial charge is 0.462 e. The molecular weight excluding hydrogens is 297 g/mol. The number of benzene rings is 1. The minimum Gasteiger partial charge on any atom is -0.462 e. The van der Waals surface area contributed by atoms with Gasteiger partial charge in [-0.25, -0.2) is 4.79 Å². The third-order valence-electron chi connectivity index (χ3n) is 3.11. The Morgan fingerprint density at radius 3 is 2.14 bits per heavy atom. The highest BCUT2D eigenvalue weighted by Crippen LogP contribution is 2.19. The Hall–Kier alpha value is -1.85. The molecule has 0 aliphatic carbocycles. The third kappa shape index (κ3) is 7.24. The van der Waals surface area contributed by atoms with Crippen LogP contribution in [0.2, 0.25) is 0 Å². The van der Waals surface area contributed by atoms with E-state index in [9.17, 15) is 22.8 Å². The fourth-order valence-electron chi connectivity index (χ4n) is 1.88. The van der Waals surface area contributed by atoms with E-state index in [4.69, 9.17) is 4.74 Å². The molecule has 0 aliphatic heterocycles. The molecule has 0 unspecified atom stereocenters. The third-order valence-corrected chi connectivity index (χ3v) is 3.11. The van der Waals surface area contributed by atoms with Crippen molar-refractivity contribution in [1.29, 1.82) is 0 Å². The van der Waals surface area contributed by atoms with Gasteiger partial charge >= 0.3 is 12.1 Å². The molecule has 122 valence electrons. The zero-order chi connectivity index (χ0) is 16.4. The number of carbonyl (C=O) groups excluding carboxylic acids is 2. The molecule has 1 aromatic rings. The SMILES string of the molecule is O=C(OCCCCCCCC(=O)C(F)(F)F)c1ccccc1. The first-order valence-corrected chi connectivity index (χ1v) is 7.23. The van der Waals surface area contributed by atoms with Crippen molar-refractivity contribution in [2.45, 2.75) is 44.7 Å². The fraction of sp³-hybridized carbons (Fsp3) is 0.500. The van der Waals surface area contributed by atoms with Crippen LogP contribution in [0.5, 0.6) is 0 Å². The summed E-state index contributed by atoms with van der Waals surface area (Å²) in [7, 11) is 0. The van der Waals surface area contributed by atoms with E-state index in [1.165, 1.54) is 0 Å². The number of Topliss-reactive ketones (excluding diaryl/α,β-unsaturated/α-hetero) is 1. The van der Waals surface area contributed by atoms with Crippen LogP contribution in [0.25, 0.3) is 0 Å². The molecule has 0 heterocycles. The van der Waals surface area contributed by atoms with Gasteiger partial charge < -0.3 is 4.74 Å². The molecule has 1 rings (SSSR count). The van der Waals surface area contributed by atoms with E-state index in [-0.39, 0.29) is 19.0 Å². The Morgan fingerprint density at radius 2 is 1.50 bits per heavy atom. The Kier molecular flexibility index (Phi) is 7.63. The zero-order valence-electron chi connectivity index (χ0n) is 12.2. The van der Waals surface area contributed by atoms with Gasteiger partial charge in [0.2, 0.25) is 5.78 Å². The number of hydrogen-bond donors (Lipinski definition) is 0. The van der Waals surface area contributed by atoms with Crippen molar-refractivity contribution in [2.75, 3.05) is 6.61 Å². The van der Waals surface area contributed by atoms with Crippen LogP contribution in [-0.2, 0) is 9.53 Å². The maximum Gasteiger partial charge on any atom is 0.449 e. The monoisotopic (exact) mass is 316 g/mol. The molecule has 1 aromatic carbocycles. The fourth-order valence-corrected chi connectivity index (χ4v) is 1.88. The van der Waals surface area contributed by atoms with Gasteiger partial charge in [0.1, 0.15) is 0 Å². The highest BCUT2D eigenvalue weighted by atomic mass is 19.4. The lowest BCUT2D eigenvalue weighted by Crippen LogP contribution is -2.22. The molecule has 0 spiro atoms. The van der Waals surface area contributed by atoms with Gasteiger partial charge in [-0.1, -0.05) is 37.5 Å². The highest BCUT2D eigenvalue weighted by Gasteiger charge is 2.36. The lowest BCUT2D eigenvalue weighted by Gasteiger charge is -2.06. The topological polar surface area (TPSA) is 43.4 Å². The molecular formula is C16H19F3O3. The van der Waals surface area contributed by atoms with Crippen LogP contribution in [-0.4, -0.2) is 24.5 Å². The Balaban J connectivity index is 2.00. The molecule has 6 heteroatoms. The highest BCUT2D eigenvalue weighted by molar-refractivity contribution is 5.89. The molecule has 0 radical (unpaired) electrons. The quantitative estimate of drug-likeness (QED) is 0.503. The summed E-state index contributed by atoms with van der Waals surface area (Å²) >= 11 is 0. The van der Waals surface area contributed by atoms with E-state index in [1.807, 2.05) is 0 Å². The van der Waals surface area contributed by atoms with Crippen LogP contribution in [0.15, 0.2) is 30.3 Å². The molecule has 22 heavy (non-hydrogen) atoms. The minimum atomic E-state index is -4.72. The first-order chi connectivity index (χ1) is 10.4. The predicted molar refractivity (Wildman–Crippen MR) is 75.5 cm³/mol. The smallest absolute Gasteiger partial charge is 0.449 e. The van der Waals surface area contributed by atoms with Crippen molar-refractivity contribution in [2.24, 2.45) is 0 Å². The van der Waals surface area contributed by atoms with Crippen molar-refractivity contribution in [3.63, 3.8) is 0 Å². The van der Waals surface area contributed by atoms with Crippen molar-refractivity contribution in [3.05, 3.63) is 35.9 Å². The molecule has 0 amide bonds. The molecule has 0 fully saturated rings. The Morgan fingerprint density at radius 1 is 0.909 bits per heavy atom. The summed E-state index contributed by atoms with van der Waals surface area (Å²) in [5.74, 6) is -2.04. The van der Waals surface area contributed by atoms with Gasteiger partial charge in [0.05, 0.1) is 12.2 Å². The molecule has 0 aromatic heterocycles. The van der Waals surface area contributed by atoms with Crippen molar-refractivity contribution in [1.82, 2.24) is 0 Å². The van der Waals surface area contributed by atoms with E-state index >= 15 is 0 Å². The summed E-state index contributed by atoms with van der Waals surface area (Å²) in [5.41, 5.74) is 0.494. The number of hydrogen-bond acceptors (Lipinski definition) is 3. The second-order valence-electron chi connectivity index (χ2n) is 4.94. The van der Waals surface area contributed by atoms with Crippen LogP contribution in [0, 0.1) is 0 Å². The van der Waals surface area contributed by atoms with Crippen LogP contribution in [0.1, 0.15) is 48.9 Å². The van der Waals surface area contributed by atoms with Crippen molar-refractivity contribution in [3.8, 4) is 0 Å². The van der Waals surface area contributed by atoms with Gasteiger partial charge in [-0.05, 0) is 25.0 Å². The van der Waals surface area contributed by atoms with Gasteiger partial charge in [0, 0.05) is 6.42 Å². The van der Waals surface area contributed by atoms with E-state index in [0.717, 1.165) is 6.42 Å². The Bertz CT molecular complexity index is 469. The standard InChI is InChI=1S/C16H19F3O3/c17-16(18,19)14(20)11-7-2-1-3-8-12-22-15(21)13-9-5-4-6-10-13/h4-6,9-10H,1-3,7-8,11-12H2. The number of alkyl halides is 3. The molecule has 0 bridgehead atoms. The number of unbranched alkanes of at least 4 members (excludes halogenated alkanes) is 4. The van der Waals surface area contributed by atoms with Gasteiger partial charge in [-0.15, -0.1) is 0 Å². The minimum absolute atomic E-state index is 0.238. The number of halogens is 3. The average molecular weight is 316 g/mol. The van der Waals surface area contributed by atoms with Crippen LogP contribution in [0.3, 0.4) is 0 Å². The maximum absolute atomic E-state index is 11.9. The van der Waals surface area contributed by atoms with Crippen molar-refractivity contribution >= 4 is 11.8 Å². The predicted octanol–water partition coefficient (Wildman–Crippen LogP) is 4.32. The number of rotatable bonds is 9. The first kappa shape index (κ1) is 18.2. The van der Waals surface area contributed by atoms with Gasteiger partial charge in [-0.2, -0.15) is 13.2 Å². The lowest BCUT2D eigenvalue weighted by molar-refractivity contribution is -0.171. The van der Waals surface area contributed by atoms with Gasteiger partial charge in [-0.3, -0.25) is 4.79 Å². The molecule has 0 N–H and O–H groups in total. The van der Waals surface area contributed by atoms with Gasteiger partial charge in [0.15, 0.2) is 0 Å². The number of carbonyl (C=O) groups is 2. The van der Waals surface area contributed by atoms with E-state index in [0.29, 0.717) is 24.8 Å². The number of ether oxygens (including phenoxy) is 1. The summed E-state index contributed by atoms with van der Waals surface area (Å²) in [6.45, 7) is 0.287. The lowest BCUT2D eigenvalue weighted by atomic mass is 10.1. The number of esters is 1. The zero-order valence-corrected chi connectivity index (χ0v) is 12.2. The Labute approximate surface area is 127 Å². The maximum atomic E-state index is 11.9. The summed E-state index contributed by atoms with van der Waals surface area (Å²) in [4.78, 5) is 22.2. The van der Waals surface area contributed by atoms with Crippen LogP contribution >= 0.6 is 0 Å². The van der Waals surface area contributed by atoms with E-state index in [2.05, 4.69) is 0 Å². The molecule has 3 nitrogen and oxygen atoms in total. The average Bonchev–Trinajstić information content (AvgIpc) is 2.49. The van der Waals surface area contributed by atoms with E-state index < -0.39 is 18.4 Å². The molecule has 0 saturated heterocycles. The van der Waals surface area contributed by atoms with Crippen molar-refractivity contribution < 1.29 is 27.5 Å². The van der Waals surface area contributed by atoms with Gasteiger partial charge in [0.25, 0.3) is 0 Å². The summed E-state index contributed by atoms with van der Waals surface area (Å²) in [6, 6.07) is 8.64. The number of ketones is 1. The second-order valence-corrected chi connectivity index (χ2v) is 4.94. The van der Waals surface area contributed by atoms with E-state index in [1.54, 1.807) is 30.3 Å².